The molecule has 4 aromatic rings. The van der Waals surface area contributed by atoms with Crippen LogP contribution in [0.5, 0.6) is 5.75 Å². The van der Waals surface area contributed by atoms with E-state index >= 15 is 0 Å². The normalized spacial score (nSPS) is 11.2. The third kappa shape index (κ3) is 7.22. The molecule has 3 aromatic heterocycles. The molecule has 0 saturated heterocycles. The first-order valence-corrected chi connectivity index (χ1v) is 13.3. The lowest BCUT2D eigenvalue weighted by atomic mass is 10.0. The van der Waals surface area contributed by atoms with Crippen molar-refractivity contribution in [1.82, 2.24) is 24.8 Å². The molecule has 14 heteroatoms. The summed E-state index contributed by atoms with van der Waals surface area (Å²) in [6.45, 7) is 1.94. The highest BCUT2D eigenvalue weighted by Gasteiger charge is 2.29. The number of fused-ring (bicyclic) bond motifs is 1. The van der Waals surface area contributed by atoms with Crippen LogP contribution in [-0.2, 0) is 11.8 Å². The van der Waals surface area contributed by atoms with Crippen molar-refractivity contribution < 1.29 is 31.9 Å². The lowest BCUT2D eigenvalue weighted by molar-refractivity contribution is -0.123. The average Bonchev–Trinajstić information content (AvgIpc) is 3.30. The van der Waals surface area contributed by atoms with Gasteiger partial charge in [-0.1, -0.05) is 30.6 Å². The van der Waals surface area contributed by atoms with Gasteiger partial charge in [0.25, 0.3) is 11.8 Å². The van der Waals surface area contributed by atoms with Gasteiger partial charge in [0.05, 0.1) is 47.1 Å². The molecule has 0 unspecified atom stereocenters. The molecule has 2 amide bonds. The third-order valence-corrected chi connectivity index (χ3v) is 6.56. The van der Waals surface area contributed by atoms with Crippen LogP contribution in [0.1, 0.15) is 15.9 Å². The van der Waals surface area contributed by atoms with Crippen molar-refractivity contribution >= 4 is 34.2 Å². The van der Waals surface area contributed by atoms with E-state index in [1.165, 1.54) is 13.2 Å². The standard InChI is InChI=1S/C31H29F4N7O3/c1-17(32)29(43)40-20-10-8-18(9-11-20)26-24(22-13-23(45-5)21(15-37-22)30(44)39-16-31(33,34)35)25-27(42(26)4)19(14-38-28(25)36)7-6-12-41(2)3/h8-11,13-15H,1,12,16H2,2-5H3,(H2,36,38)(H,39,44)(H,40,43). The van der Waals surface area contributed by atoms with Gasteiger partial charge in [-0.15, -0.1) is 0 Å². The van der Waals surface area contributed by atoms with E-state index in [2.05, 4.69) is 33.7 Å². The fourth-order valence-corrected chi connectivity index (χ4v) is 4.58. The maximum Gasteiger partial charge on any atom is 0.405 e. The van der Waals surface area contributed by atoms with E-state index in [4.69, 9.17) is 10.5 Å². The van der Waals surface area contributed by atoms with Crippen molar-refractivity contribution in [2.24, 2.45) is 7.05 Å². The van der Waals surface area contributed by atoms with Crippen molar-refractivity contribution in [1.29, 1.82) is 0 Å². The van der Waals surface area contributed by atoms with Crippen molar-refractivity contribution in [2.45, 2.75) is 6.18 Å². The van der Waals surface area contributed by atoms with Gasteiger partial charge in [-0.2, -0.15) is 13.2 Å². The van der Waals surface area contributed by atoms with Crippen LogP contribution in [0.25, 0.3) is 33.4 Å². The van der Waals surface area contributed by atoms with Gasteiger partial charge < -0.3 is 25.7 Å². The smallest absolute Gasteiger partial charge is 0.405 e. The molecule has 234 valence electrons. The number of hydrogen-bond acceptors (Lipinski definition) is 7. The Bertz CT molecular complexity index is 1850. The number of benzene rings is 1. The number of pyridine rings is 2. The summed E-state index contributed by atoms with van der Waals surface area (Å²) in [5.41, 5.74) is 9.69. The lowest BCUT2D eigenvalue weighted by Gasteiger charge is -2.13. The summed E-state index contributed by atoms with van der Waals surface area (Å²) < 4.78 is 58.7. The number of aryl methyl sites for hydroxylation is 1. The van der Waals surface area contributed by atoms with Gasteiger partial charge in [0.1, 0.15) is 18.1 Å². The summed E-state index contributed by atoms with van der Waals surface area (Å²) in [5, 5.41) is 4.70. The summed E-state index contributed by atoms with van der Waals surface area (Å²) in [5.74, 6) is 3.20. The number of nitrogens with two attached hydrogens (primary N) is 1. The molecule has 1 aromatic carbocycles. The minimum Gasteiger partial charge on any atom is -0.496 e. The minimum atomic E-state index is -4.61. The van der Waals surface area contributed by atoms with Gasteiger partial charge in [-0.3, -0.25) is 19.5 Å². The number of nitrogens with one attached hydrogen (secondary N) is 2. The van der Waals surface area contributed by atoms with Crippen LogP contribution < -0.4 is 21.1 Å². The number of carbonyl (C=O) groups excluding carboxylic acids is 2. The molecule has 0 atom stereocenters. The summed E-state index contributed by atoms with van der Waals surface area (Å²) in [4.78, 5) is 35.1. The van der Waals surface area contributed by atoms with E-state index in [0.29, 0.717) is 45.5 Å². The van der Waals surface area contributed by atoms with E-state index in [1.807, 2.05) is 28.9 Å². The second kappa shape index (κ2) is 13.1. The number of alkyl halides is 3. The maximum atomic E-state index is 13.2. The summed E-state index contributed by atoms with van der Waals surface area (Å²) in [7, 11) is 6.82. The predicted molar refractivity (Wildman–Crippen MR) is 163 cm³/mol. The molecule has 0 saturated carbocycles. The largest absolute Gasteiger partial charge is 0.496 e. The molecule has 3 heterocycles. The predicted octanol–water partition coefficient (Wildman–Crippen LogP) is 4.52. The summed E-state index contributed by atoms with van der Waals surface area (Å²) in [6.07, 6.45) is -1.93. The number of nitrogen functional groups attached to an aromatic ring is 1. The Morgan fingerprint density at radius 1 is 1.16 bits per heavy atom. The van der Waals surface area contributed by atoms with Crippen LogP contribution in [0.15, 0.2) is 55.1 Å². The Morgan fingerprint density at radius 2 is 1.84 bits per heavy atom. The van der Waals surface area contributed by atoms with E-state index in [9.17, 15) is 27.2 Å². The number of amides is 2. The number of methoxy groups -OCH3 is 1. The molecule has 10 nitrogen and oxygen atoms in total. The van der Waals surface area contributed by atoms with Crippen molar-refractivity contribution in [2.75, 3.05) is 45.3 Å². The first-order valence-electron chi connectivity index (χ1n) is 13.3. The number of hydrogen-bond donors (Lipinski definition) is 3. The van der Waals surface area contributed by atoms with Crippen molar-refractivity contribution in [3.63, 3.8) is 0 Å². The van der Waals surface area contributed by atoms with Crippen LogP contribution in [-0.4, -0.2) is 71.7 Å². The van der Waals surface area contributed by atoms with Gasteiger partial charge in [0.15, 0.2) is 5.83 Å². The maximum absolute atomic E-state index is 13.2. The van der Waals surface area contributed by atoms with Crippen molar-refractivity contribution in [3.05, 3.63) is 66.3 Å². The number of anilines is 2. The molecule has 45 heavy (non-hydrogen) atoms. The van der Waals surface area contributed by atoms with Gasteiger partial charge in [0, 0.05) is 36.8 Å². The Balaban J connectivity index is 1.95. The SMILES string of the molecule is C=C(F)C(=O)Nc1ccc(-c2c(-c3cc(OC)c(C(=O)NCC(F)(F)F)cn3)c3c(N)ncc(C#CCN(C)C)c3n2C)cc1. The van der Waals surface area contributed by atoms with Crippen LogP contribution in [0.4, 0.5) is 29.1 Å². The fraction of sp³-hybridized carbons (Fsp3) is 0.226. The van der Waals surface area contributed by atoms with Crippen molar-refractivity contribution in [3.8, 4) is 40.1 Å². The highest BCUT2D eigenvalue weighted by Crippen LogP contribution is 2.43. The third-order valence-electron chi connectivity index (χ3n) is 6.56. The number of ether oxygens (including phenoxy) is 1. The molecule has 0 bridgehead atoms. The number of nitrogens with zero attached hydrogens (tertiary/aromatic N) is 4. The van der Waals surface area contributed by atoms with Gasteiger partial charge in [-0.05, 0) is 31.8 Å². The fourth-order valence-electron chi connectivity index (χ4n) is 4.58. The molecular weight excluding hydrogens is 594 g/mol. The molecule has 0 fully saturated rings. The minimum absolute atomic E-state index is 0.0272. The van der Waals surface area contributed by atoms with Crippen LogP contribution in [0.3, 0.4) is 0 Å². The molecule has 0 aliphatic rings. The van der Waals surface area contributed by atoms with E-state index in [1.54, 1.807) is 37.5 Å². The first kappa shape index (κ1) is 32.5. The number of aromatic nitrogens is 3. The molecule has 4 rings (SSSR count). The Labute approximate surface area is 255 Å². The van der Waals surface area contributed by atoms with Gasteiger partial charge >= 0.3 is 6.18 Å². The number of halogens is 4. The second-order valence-electron chi connectivity index (χ2n) is 10.1. The Kier molecular flexibility index (Phi) is 9.43. The van der Waals surface area contributed by atoms with Crippen LogP contribution >= 0.6 is 0 Å². The topological polar surface area (TPSA) is 127 Å². The Morgan fingerprint density at radius 3 is 2.44 bits per heavy atom. The first-order chi connectivity index (χ1) is 21.2. The molecule has 0 aliphatic heterocycles. The van der Waals surface area contributed by atoms with E-state index in [0.717, 1.165) is 6.20 Å². The molecular formula is C31H29F4N7O3. The Hall–Kier alpha value is -5.42. The average molecular weight is 624 g/mol. The van der Waals surface area contributed by atoms with E-state index in [-0.39, 0.29) is 22.8 Å². The zero-order valence-corrected chi connectivity index (χ0v) is 24.8. The highest BCUT2D eigenvalue weighted by atomic mass is 19.4. The van der Waals surface area contributed by atoms with Gasteiger partial charge in [-0.25, -0.2) is 9.37 Å². The zero-order valence-electron chi connectivity index (χ0n) is 24.8. The molecule has 0 aliphatic carbocycles. The van der Waals surface area contributed by atoms with Gasteiger partial charge in [0.2, 0.25) is 0 Å². The zero-order chi connectivity index (χ0) is 33.1. The molecule has 4 N–H and O–H groups in total. The summed E-state index contributed by atoms with van der Waals surface area (Å²) in [6, 6.07) is 7.93. The van der Waals surface area contributed by atoms with Crippen LogP contribution in [0.2, 0.25) is 0 Å². The highest BCUT2D eigenvalue weighted by molar-refractivity contribution is 6.11. The number of rotatable bonds is 8. The lowest BCUT2D eigenvalue weighted by Crippen LogP contribution is -2.34. The van der Waals surface area contributed by atoms with E-state index < -0.39 is 30.4 Å². The molecule has 0 spiro atoms. The molecule has 0 radical (unpaired) electrons. The quantitative estimate of drug-likeness (QED) is 0.150. The summed E-state index contributed by atoms with van der Waals surface area (Å²) >= 11 is 0. The number of carbonyl (C=O) groups is 2. The second-order valence-corrected chi connectivity index (χ2v) is 10.1. The van der Waals surface area contributed by atoms with Crippen LogP contribution in [0, 0.1) is 11.8 Å². The monoisotopic (exact) mass is 623 g/mol.